The van der Waals surface area contributed by atoms with E-state index in [9.17, 15) is 9.59 Å². The molecule has 0 atom stereocenters. The summed E-state index contributed by atoms with van der Waals surface area (Å²) in [4.78, 5) is 21.6. The van der Waals surface area contributed by atoms with E-state index in [1.165, 1.54) is 0 Å². The molecular weight excluding hydrogens is 172 g/mol. The topological polar surface area (TPSA) is 81.4 Å². The first kappa shape index (κ1) is 12.1. The van der Waals surface area contributed by atoms with Crippen LogP contribution in [0, 0.1) is 5.92 Å². The van der Waals surface area contributed by atoms with Crippen molar-refractivity contribution >= 4 is 11.7 Å². The van der Waals surface area contributed by atoms with Crippen LogP contribution in [0.3, 0.4) is 0 Å². The molecule has 0 aliphatic rings. The number of carbonyl (C=O) groups is 2. The lowest BCUT2D eigenvalue weighted by atomic mass is 10.1. The van der Waals surface area contributed by atoms with Crippen molar-refractivity contribution in [3.05, 3.63) is 0 Å². The highest BCUT2D eigenvalue weighted by Gasteiger charge is 2.06. The summed E-state index contributed by atoms with van der Waals surface area (Å²) in [5.41, 5.74) is 5.03. The van der Waals surface area contributed by atoms with Crippen LogP contribution in [-0.2, 0) is 14.3 Å². The van der Waals surface area contributed by atoms with Crippen molar-refractivity contribution in [1.82, 2.24) is 5.32 Å². The Hall–Kier alpha value is -0.940. The maximum absolute atomic E-state index is 11.0. The van der Waals surface area contributed by atoms with Crippen LogP contribution in [0.5, 0.6) is 0 Å². The molecule has 0 aromatic rings. The van der Waals surface area contributed by atoms with Crippen molar-refractivity contribution < 1.29 is 14.3 Å². The molecule has 0 rings (SSSR count). The minimum atomic E-state index is -0.294. The Bertz CT molecular complexity index is 180. The summed E-state index contributed by atoms with van der Waals surface area (Å²) in [6.07, 6.45) is 0. The van der Waals surface area contributed by atoms with Crippen LogP contribution in [0.4, 0.5) is 0 Å². The van der Waals surface area contributed by atoms with Crippen LogP contribution in [0.15, 0.2) is 0 Å². The largest absolute Gasteiger partial charge is 0.353 e. The summed E-state index contributed by atoms with van der Waals surface area (Å²) < 4.78 is 4.89. The molecule has 0 fully saturated rings. The van der Waals surface area contributed by atoms with Gasteiger partial charge in [-0.3, -0.25) is 9.59 Å². The molecule has 3 N–H and O–H groups in total. The van der Waals surface area contributed by atoms with Gasteiger partial charge in [-0.2, -0.15) is 0 Å². The van der Waals surface area contributed by atoms with Crippen molar-refractivity contribution in [3.63, 3.8) is 0 Å². The second-order valence-corrected chi connectivity index (χ2v) is 2.92. The Balaban J connectivity index is 3.36. The number of carbonyl (C=O) groups excluding carboxylic acids is 2. The highest BCUT2D eigenvalue weighted by Crippen LogP contribution is 1.93. The normalized spacial score (nSPS) is 10.2. The van der Waals surface area contributed by atoms with Crippen molar-refractivity contribution in [2.45, 2.75) is 13.8 Å². The number of Topliss-reactive ketones (excluding diaryl/α,β-unsaturated/α-hetero) is 1. The van der Waals surface area contributed by atoms with Gasteiger partial charge in [0, 0.05) is 5.92 Å². The molecule has 0 bridgehead atoms. The number of ether oxygens (including phenoxy) is 1. The number of hydrogen-bond donors (Lipinski definition) is 2. The molecule has 13 heavy (non-hydrogen) atoms. The van der Waals surface area contributed by atoms with Gasteiger partial charge in [-0.05, 0) is 0 Å². The van der Waals surface area contributed by atoms with E-state index in [0.29, 0.717) is 0 Å². The van der Waals surface area contributed by atoms with Crippen molar-refractivity contribution in [3.8, 4) is 0 Å². The van der Waals surface area contributed by atoms with E-state index in [1.54, 1.807) is 13.8 Å². The third-order valence-corrected chi connectivity index (χ3v) is 1.45. The fraction of sp³-hybridized carbons (Fsp3) is 0.750. The van der Waals surface area contributed by atoms with Crippen LogP contribution in [0.1, 0.15) is 13.8 Å². The van der Waals surface area contributed by atoms with Gasteiger partial charge >= 0.3 is 0 Å². The van der Waals surface area contributed by atoms with Gasteiger partial charge in [0.05, 0.1) is 6.54 Å². The summed E-state index contributed by atoms with van der Waals surface area (Å²) in [7, 11) is 0. The first-order valence-electron chi connectivity index (χ1n) is 4.15. The fourth-order valence-electron chi connectivity index (χ4n) is 0.522. The zero-order valence-corrected chi connectivity index (χ0v) is 8.00. The SMILES string of the molecule is CC(C)C(=O)COCNC(=O)CN. The molecule has 0 spiro atoms. The second-order valence-electron chi connectivity index (χ2n) is 2.92. The number of nitrogens with two attached hydrogens (primary N) is 1. The third-order valence-electron chi connectivity index (χ3n) is 1.45. The fourth-order valence-corrected chi connectivity index (χ4v) is 0.522. The molecule has 1 amide bonds. The monoisotopic (exact) mass is 188 g/mol. The number of ketones is 1. The van der Waals surface area contributed by atoms with Crippen molar-refractivity contribution in [2.75, 3.05) is 19.9 Å². The van der Waals surface area contributed by atoms with Gasteiger partial charge in [0.25, 0.3) is 0 Å². The Morgan fingerprint density at radius 1 is 1.46 bits per heavy atom. The molecular formula is C8H16N2O3. The number of hydrogen-bond acceptors (Lipinski definition) is 4. The minimum absolute atomic E-state index is 0.0157. The first-order chi connectivity index (χ1) is 6.07. The molecule has 0 aromatic heterocycles. The zero-order valence-electron chi connectivity index (χ0n) is 8.00. The maximum atomic E-state index is 11.0. The van der Waals surface area contributed by atoms with E-state index in [4.69, 9.17) is 10.5 Å². The smallest absolute Gasteiger partial charge is 0.235 e. The average Bonchev–Trinajstić information content (AvgIpc) is 2.11. The lowest BCUT2D eigenvalue weighted by molar-refractivity contribution is -0.129. The van der Waals surface area contributed by atoms with Crippen LogP contribution in [-0.4, -0.2) is 31.6 Å². The van der Waals surface area contributed by atoms with Crippen molar-refractivity contribution in [2.24, 2.45) is 11.7 Å². The molecule has 0 aliphatic heterocycles. The van der Waals surface area contributed by atoms with Gasteiger partial charge in [0.2, 0.25) is 5.91 Å². The molecule has 76 valence electrons. The second kappa shape index (κ2) is 6.56. The summed E-state index contributed by atoms with van der Waals surface area (Å²) in [5, 5.41) is 2.39. The highest BCUT2D eigenvalue weighted by atomic mass is 16.5. The molecule has 0 unspecified atom stereocenters. The summed E-state index contributed by atoms with van der Waals surface area (Å²) in [6.45, 7) is 3.59. The van der Waals surface area contributed by atoms with Gasteiger partial charge in [0.15, 0.2) is 5.78 Å². The van der Waals surface area contributed by atoms with Crippen LogP contribution < -0.4 is 11.1 Å². The molecule has 5 nitrogen and oxygen atoms in total. The summed E-state index contributed by atoms with van der Waals surface area (Å²) in [5.74, 6) is -0.316. The molecule has 0 radical (unpaired) electrons. The molecule has 0 aliphatic carbocycles. The third kappa shape index (κ3) is 6.24. The molecule has 5 heteroatoms. The van der Waals surface area contributed by atoms with Crippen molar-refractivity contribution in [1.29, 1.82) is 0 Å². The molecule has 0 aromatic carbocycles. The van der Waals surface area contributed by atoms with Crippen LogP contribution >= 0.6 is 0 Å². The van der Waals surface area contributed by atoms with E-state index in [2.05, 4.69) is 5.32 Å². The standard InChI is InChI=1S/C8H16N2O3/c1-6(2)7(11)4-13-5-10-8(12)3-9/h6H,3-5,9H2,1-2H3,(H,10,12). The minimum Gasteiger partial charge on any atom is -0.353 e. The highest BCUT2D eigenvalue weighted by molar-refractivity contribution is 5.81. The molecule has 0 saturated heterocycles. The van der Waals surface area contributed by atoms with E-state index in [1.807, 2.05) is 0 Å². The maximum Gasteiger partial charge on any atom is 0.235 e. The Labute approximate surface area is 77.6 Å². The lowest BCUT2D eigenvalue weighted by Crippen LogP contribution is -2.33. The lowest BCUT2D eigenvalue weighted by Gasteiger charge is -2.06. The predicted molar refractivity (Wildman–Crippen MR) is 47.9 cm³/mol. The van der Waals surface area contributed by atoms with E-state index < -0.39 is 0 Å². The number of nitrogens with one attached hydrogen (secondary N) is 1. The van der Waals surface area contributed by atoms with E-state index in [-0.39, 0.29) is 37.5 Å². The van der Waals surface area contributed by atoms with Gasteiger partial charge in [-0.15, -0.1) is 0 Å². The number of amides is 1. The molecule has 0 saturated carbocycles. The summed E-state index contributed by atoms with van der Waals surface area (Å²) >= 11 is 0. The van der Waals surface area contributed by atoms with Gasteiger partial charge < -0.3 is 15.8 Å². The Morgan fingerprint density at radius 3 is 2.54 bits per heavy atom. The Morgan fingerprint density at radius 2 is 2.08 bits per heavy atom. The summed E-state index contributed by atoms with van der Waals surface area (Å²) in [6, 6.07) is 0. The first-order valence-corrected chi connectivity index (χ1v) is 4.15. The van der Waals surface area contributed by atoms with E-state index >= 15 is 0 Å². The number of rotatable bonds is 6. The van der Waals surface area contributed by atoms with E-state index in [0.717, 1.165) is 0 Å². The van der Waals surface area contributed by atoms with Crippen LogP contribution in [0.2, 0.25) is 0 Å². The van der Waals surface area contributed by atoms with Gasteiger partial charge in [-0.1, -0.05) is 13.8 Å². The molecule has 0 heterocycles. The quantitative estimate of drug-likeness (QED) is 0.425. The Kier molecular flexibility index (Phi) is 6.09. The average molecular weight is 188 g/mol. The predicted octanol–water partition coefficient (Wildman–Crippen LogP) is -0.739. The van der Waals surface area contributed by atoms with Gasteiger partial charge in [0.1, 0.15) is 13.3 Å². The van der Waals surface area contributed by atoms with Gasteiger partial charge in [-0.25, -0.2) is 0 Å². The van der Waals surface area contributed by atoms with Crippen LogP contribution in [0.25, 0.3) is 0 Å². The zero-order chi connectivity index (χ0) is 10.3.